The number of rotatable bonds is 2. The molecule has 0 spiro atoms. The second-order valence-electron chi connectivity index (χ2n) is 4.01. The Kier molecular flexibility index (Phi) is 1.73. The highest BCUT2D eigenvalue weighted by Gasteiger charge is 2.77. The number of hydrogen-bond acceptors (Lipinski definition) is 5. The number of sulfone groups is 1. The van der Waals surface area contributed by atoms with Crippen LogP contribution in [-0.4, -0.2) is 47.1 Å². The summed E-state index contributed by atoms with van der Waals surface area (Å²) >= 11 is 0. The van der Waals surface area contributed by atoms with Gasteiger partial charge in [0.25, 0.3) is 0 Å². The molecule has 0 aromatic carbocycles. The van der Waals surface area contributed by atoms with Crippen molar-refractivity contribution in [3.8, 4) is 0 Å². The molecule has 0 aromatic heterocycles. The third kappa shape index (κ3) is 1.11. The van der Waals surface area contributed by atoms with Crippen molar-refractivity contribution in [2.75, 3.05) is 5.75 Å². The van der Waals surface area contributed by atoms with Gasteiger partial charge in [-0.2, -0.15) is 0 Å². The molecule has 8 heteroatoms. The summed E-state index contributed by atoms with van der Waals surface area (Å²) in [4.78, 5) is 21.5. The SMILES string of the molecule is N[C@@]1(C(=O)O)CS(=O)(=O)[C@@H]2[C@H](C(=O)O)[C@H]21. The number of carboxylic acid groups (broad SMARTS) is 2. The minimum atomic E-state index is -3.68. The van der Waals surface area contributed by atoms with Crippen molar-refractivity contribution in [3.63, 3.8) is 0 Å². The summed E-state index contributed by atoms with van der Waals surface area (Å²) in [6.45, 7) is 0. The first-order valence-electron chi connectivity index (χ1n) is 4.18. The monoisotopic (exact) mass is 235 g/mol. The number of carboxylic acids is 2. The molecule has 2 fully saturated rings. The number of nitrogens with two attached hydrogens (primary N) is 1. The Morgan fingerprint density at radius 3 is 2.20 bits per heavy atom. The van der Waals surface area contributed by atoms with E-state index in [2.05, 4.69) is 0 Å². The standard InChI is InChI=1S/C7H9NO6S/c8-7(6(11)12)1-15(13,14)4-2(3(4)7)5(9)10/h2-4H,1,8H2,(H,9,10)(H,11,12)/t2-,3-,4-,7+/m1/s1. The van der Waals surface area contributed by atoms with Crippen molar-refractivity contribution in [2.45, 2.75) is 10.8 Å². The Bertz CT molecular complexity index is 456. The summed E-state index contributed by atoms with van der Waals surface area (Å²) in [6, 6.07) is 0. The van der Waals surface area contributed by atoms with E-state index in [0.717, 1.165) is 0 Å². The Labute approximate surface area is 84.8 Å². The Morgan fingerprint density at radius 2 is 1.87 bits per heavy atom. The molecular formula is C7H9NO6S. The summed E-state index contributed by atoms with van der Waals surface area (Å²) in [5.41, 5.74) is 3.51. The van der Waals surface area contributed by atoms with Crippen LogP contribution in [0.25, 0.3) is 0 Å². The van der Waals surface area contributed by atoms with Gasteiger partial charge in [-0.25, -0.2) is 8.42 Å². The zero-order valence-corrected chi connectivity index (χ0v) is 8.27. The van der Waals surface area contributed by atoms with Crippen LogP contribution in [0.5, 0.6) is 0 Å². The zero-order chi connectivity index (χ0) is 11.6. The van der Waals surface area contributed by atoms with E-state index in [-0.39, 0.29) is 0 Å². The smallest absolute Gasteiger partial charge is 0.325 e. The van der Waals surface area contributed by atoms with Gasteiger partial charge in [-0.3, -0.25) is 9.59 Å². The van der Waals surface area contributed by atoms with Gasteiger partial charge in [-0.15, -0.1) is 0 Å². The normalized spacial score (nSPS) is 45.8. The lowest BCUT2D eigenvalue weighted by Gasteiger charge is -2.19. The average molecular weight is 235 g/mol. The molecule has 0 bridgehead atoms. The summed E-state index contributed by atoms with van der Waals surface area (Å²) in [5, 5.41) is 16.4. The van der Waals surface area contributed by atoms with Gasteiger partial charge in [-0.05, 0) is 0 Å². The van der Waals surface area contributed by atoms with Gasteiger partial charge in [0.15, 0.2) is 9.84 Å². The van der Waals surface area contributed by atoms with Crippen LogP contribution < -0.4 is 5.73 Å². The van der Waals surface area contributed by atoms with Crippen molar-refractivity contribution in [2.24, 2.45) is 17.6 Å². The third-order valence-electron chi connectivity index (χ3n) is 3.09. The number of carbonyl (C=O) groups is 2. The van der Waals surface area contributed by atoms with Gasteiger partial charge in [0.1, 0.15) is 5.54 Å². The molecule has 84 valence electrons. The van der Waals surface area contributed by atoms with E-state index in [1.807, 2.05) is 0 Å². The van der Waals surface area contributed by atoms with Crippen LogP contribution in [0.2, 0.25) is 0 Å². The fraction of sp³-hybridized carbons (Fsp3) is 0.714. The molecule has 1 aliphatic heterocycles. The van der Waals surface area contributed by atoms with E-state index in [4.69, 9.17) is 15.9 Å². The molecule has 0 aromatic rings. The van der Waals surface area contributed by atoms with Crippen molar-refractivity contribution in [1.82, 2.24) is 0 Å². The van der Waals surface area contributed by atoms with Crippen LogP contribution in [0.1, 0.15) is 0 Å². The van der Waals surface area contributed by atoms with E-state index in [1.165, 1.54) is 0 Å². The highest BCUT2D eigenvalue weighted by Crippen LogP contribution is 2.56. The lowest BCUT2D eigenvalue weighted by molar-refractivity contribution is -0.144. The van der Waals surface area contributed by atoms with Gasteiger partial charge >= 0.3 is 11.9 Å². The quantitative estimate of drug-likeness (QED) is 0.498. The first kappa shape index (κ1) is 10.4. The Balaban J connectivity index is 2.44. The third-order valence-corrected chi connectivity index (χ3v) is 5.38. The van der Waals surface area contributed by atoms with Crippen molar-refractivity contribution in [3.05, 3.63) is 0 Å². The van der Waals surface area contributed by atoms with E-state index >= 15 is 0 Å². The minimum Gasteiger partial charge on any atom is -0.481 e. The van der Waals surface area contributed by atoms with Gasteiger partial charge in [0, 0.05) is 5.92 Å². The average Bonchev–Trinajstić information content (AvgIpc) is 2.72. The summed E-state index contributed by atoms with van der Waals surface area (Å²) in [6.07, 6.45) is 0. The molecule has 0 amide bonds. The molecule has 2 rings (SSSR count). The summed E-state index contributed by atoms with van der Waals surface area (Å²) in [5.74, 6) is -5.58. The molecule has 1 heterocycles. The molecule has 0 radical (unpaired) electrons. The molecule has 15 heavy (non-hydrogen) atoms. The maximum Gasteiger partial charge on any atom is 0.325 e. The highest BCUT2D eigenvalue weighted by atomic mass is 32.2. The van der Waals surface area contributed by atoms with Crippen LogP contribution in [0.15, 0.2) is 0 Å². The molecule has 0 unspecified atom stereocenters. The van der Waals surface area contributed by atoms with Gasteiger partial charge in [0.2, 0.25) is 0 Å². The fourth-order valence-corrected chi connectivity index (χ4v) is 5.04. The fourth-order valence-electron chi connectivity index (χ4n) is 2.37. The molecule has 7 nitrogen and oxygen atoms in total. The first-order chi connectivity index (χ1) is 6.72. The van der Waals surface area contributed by atoms with Crippen molar-refractivity contribution < 1.29 is 28.2 Å². The molecule has 4 N–H and O–H groups in total. The van der Waals surface area contributed by atoms with Gasteiger partial charge < -0.3 is 15.9 Å². The zero-order valence-electron chi connectivity index (χ0n) is 7.45. The molecule has 4 atom stereocenters. The second-order valence-corrected chi connectivity index (χ2v) is 6.17. The van der Waals surface area contributed by atoms with Crippen LogP contribution >= 0.6 is 0 Å². The molecular weight excluding hydrogens is 226 g/mol. The van der Waals surface area contributed by atoms with E-state index in [9.17, 15) is 18.0 Å². The number of aliphatic carboxylic acids is 2. The van der Waals surface area contributed by atoms with Crippen LogP contribution in [-0.2, 0) is 19.4 Å². The maximum absolute atomic E-state index is 11.4. The first-order valence-corrected chi connectivity index (χ1v) is 5.90. The van der Waals surface area contributed by atoms with E-state index in [1.54, 1.807) is 0 Å². The molecule has 1 saturated carbocycles. The van der Waals surface area contributed by atoms with Gasteiger partial charge in [-0.1, -0.05) is 0 Å². The van der Waals surface area contributed by atoms with E-state index in [0.29, 0.717) is 0 Å². The van der Waals surface area contributed by atoms with Crippen LogP contribution in [0.3, 0.4) is 0 Å². The largest absolute Gasteiger partial charge is 0.481 e. The van der Waals surface area contributed by atoms with Crippen LogP contribution in [0.4, 0.5) is 0 Å². The predicted octanol–water partition coefficient (Wildman–Crippen LogP) is -2.10. The topological polar surface area (TPSA) is 135 Å². The number of hydrogen-bond donors (Lipinski definition) is 3. The summed E-state index contributed by atoms with van der Waals surface area (Å²) < 4.78 is 22.9. The molecule has 2 aliphatic rings. The molecule has 1 aliphatic carbocycles. The molecule has 1 saturated heterocycles. The van der Waals surface area contributed by atoms with E-state index < -0.39 is 50.2 Å². The van der Waals surface area contributed by atoms with Gasteiger partial charge in [0.05, 0.1) is 16.9 Å². The second kappa shape index (κ2) is 2.50. The summed E-state index contributed by atoms with van der Waals surface area (Å²) in [7, 11) is -3.68. The maximum atomic E-state index is 11.4. The predicted molar refractivity (Wildman–Crippen MR) is 46.7 cm³/mol. The lowest BCUT2D eigenvalue weighted by atomic mass is 9.96. The Morgan fingerprint density at radius 1 is 1.33 bits per heavy atom. The lowest BCUT2D eigenvalue weighted by Crippen LogP contribution is -2.53. The van der Waals surface area contributed by atoms with Crippen molar-refractivity contribution in [1.29, 1.82) is 0 Å². The van der Waals surface area contributed by atoms with Crippen LogP contribution in [0, 0.1) is 11.8 Å². The minimum absolute atomic E-state index is 0.672. The highest BCUT2D eigenvalue weighted by molar-refractivity contribution is 7.92. The number of fused-ring (bicyclic) bond motifs is 1. The Hall–Kier alpha value is -1.15. The van der Waals surface area contributed by atoms with Crippen molar-refractivity contribution >= 4 is 21.8 Å².